The van der Waals surface area contributed by atoms with Gasteiger partial charge in [-0.3, -0.25) is 14.4 Å². The summed E-state index contributed by atoms with van der Waals surface area (Å²) in [5.41, 5.74) is 1.66. The lowest BCUT2D eigenvalue weighted by Crippen LogP contribution is -2.51. The molecule has 29 heavy (non-hydrogen) atoms. The molecule has 4 heteroatoms. The summed E-state index contributed by atoms with van der Waals surface area (Å²) in [6.07, 6.45) is 12.1. The zero-order chi connectivity index (χ0) is 20.8. The number of hydrogen-bond acceptors (Lipinski definition) is 4. The smallest absolute Gasteiger partial charge is 0.302 e. The minimum absolute atomic E-state index is 0.0827. The molecule has 160 valence electrons. The van der Waals surface area contributed by atoms with Gasteiger partial charge in [-0.05, 0) is 86.9 Å². The first-order valence-corrected chi connectivity index (χ1v) is 11.6. The summed E-state index contributed by atoms with van der Waals surface area (Å²) in [6, 6.07) is 0. The van der Waals surface area contributed by atoms with Crippen LogP contribution >= 0.6 is 0 Å². The Hall–Kier alpha value is -1.45. The molecule has 0 aliphatic heterocycles. The minimum atomic E-state index is -0.220. The van der Waals surface area contributed by atoms with Gasteiger partial charge in [0.05, 0.1) is 6.61 Å². The number of rotatable bonds is 5. The van der Waals surface area contributed by atoms with E-state index in [0.29, 0.717) is 42.3 Å². The number of esters is 1. The van der Waals surface area contributed by atoms with Crippen LogP contribution in [0.3, 0.4) is 0 Å². The summed E-state index contributed by atoms with van der Waals surface area (Å²) < 4.78 is 5.21. The first kappa shape index (κ1) is 20.8. The molecule has 0 heterocycles. The summed E-state index contributed by atoms with van der Waals surface area (Å²) in [6.45, 7) is 6.11. The van der Waals surface area contributed by atoms with Crippen LogP contribution in [0.15, 0.2) is 11.6 Å². The standard InChI is InChI=1S/C25H36O4/c1-16(26)21-7-8-23-20-6-5-18-15-19(28)9-12-24(18,3)22(20)10-13-25(21,23)11-4-14-29-17(2)27/h5,20-23H,4,6-15H2,1-3H3/t20-,21-,22-,23+,24-,25-/m1/s1. The average molecular weight is 401 g/mol. The first-order valence-electron chi connectivity index (χ1n) is 11.6. The van der Waals surface area contributed by atoms with E-state index in [1.54, 1.807) is 6.92 Å². The SMILES string of the molecule is CC(=O)OCCC[C@]12CC[C@@H]3[C@@H](CC=C4CC(=O)CC[C@]43C)[C@@H]1CC[C@@H]2C(C)=O. The Labute approximate surface area is 174 Å². The number of ether oxygens (including phenoxy) is 1. The van der Waals surface area contributed by atoms with Gasteiger partial charge in [-0.25, -0.2) is 0 Å². The third-order valence-electron chi connectivity index (χ3n) is 9.23. The molecule has 0 N–H and O–H groups in total. The molecular formula is C25H36O4. The number of ketones is 2. The van der Waals surface area contributed by atoms with E-state index >= 15 is 0 Å². The van der Waals surface area contributed by atoms with Gasteiger partial charge in [-0.1, -0.05) is 18.6 Å². The molecule has 0 radical (unpaired) electrons. The molecule has 0 unspecified atom stereocenters. The van der Waals surface area contributed by atoms with Crippen LogP contribution in [-0.4, -0.2) is 24.1 Å². The molecule has 6 atom stereocenters. The van der Waals surface area contributed by atoms with Crippen molar-refractivity contribution < 1.29 is 19.1 Å². The van der Waals surface area contributed by atoms with Crippen LogP contribution in [-0.2, 0) is 19.1 Å². The van der Waals surface area contributed by atoms with Gasteiger partial charge in [0, 0.05) is 25.7 Å². The number of fused-ring (bicyclic) bond motifs is 5. The van der Waals surface area contributed by atoms with Crippen LogP contribution in [0.2, 0.25) is 0 Å². The van der Waals surface area contributed by atoms with E-state index in [2.05, 4.69) is 13.0 Å². The Morgan fingerprint density at radius 3 is 2.66 bits per heavy atom. The third-order valence-corrected chi connectivity index (χ3v) is 9.23. The molecule has 0 bridgehead atoms. The molecule has 3 saturated carbocycles. The van der Waals surface area contributed by atoms with Crippen molar-refractivity contribution in [3.05, 3.63) is 11.6 Å². The quantitative estimate of drug-likeness (QED) is 0.368. The molecule has 0 saturated heterocycles. The van der Waals surface area contributed by atoms with Gasteiger partial charge in [0.15, 0.2) is 0 Å². The van der Waals surface area contributed by atoms with Crippen molar-refractivity contribution >= 4 is 17.5 Å². The second kappa shape index (κ2) is 7.67. The van der Waals surface area contributed by atoms with Crippen molar-refractivity contribution in [1.29, 1.82) is 0 Å². The Balaban J connectivity index is 1.59. The molecular weight excluding hydrogens is 364 g/mol. The molecule has 3 fully saturated rings. The van der Waals surface area contributed by atoms with Crippen LogP contribution < -0.4 is 0 Å². The highest BCUT2D eigenvalue weighted by Gasteiger charge is 2.60. The summed E-state index contributed by atoms with van der Waals surface area (Å²) >= 11 is 0. The zero-order valence-corrected chi connectivity index (χ0v) is 18.3. The summed E-state index contributed by atoms with van der Waals surface area (Å²) in [4.78, 5) is 35.8. The lowest BCUT2D eigenvalue weighted by molar-refractivity contribution is -0.142. The highest BCUT2D eigenvalue weighted by molar-refractivity contribution is 5.82. The summed E-state index contributed by atoms with van der Waals surface area (Å²) in [5.74, 6) is 2.55. The van der Waals surface area contributed by atoms with E-state index in [1.807, 2.05) is 0 Å². The van der Waals surface area contributed by atoms with Crippen molar-refractivity contribution in [2.75, 3.05) is 6.61 Å². The topological polar surface area (TPSA) is 60.4 Å². The highest BCUT2D eigenvalue weighted by Crippen LogP contribution is 2.67. The van der Waals surface area contributed by atoms with Gasteiger partial charge in [-0.2, -0.15) is 0 Å². The number of allylic oxidation sites excluding steroid dienone is 2. The van der Waals surface area contributed by atoms with E-state index in [9.17, 15) is 14.4 Å². The monoisotopic (exact) mass is 400 g/mol. The van der Waals surface area contributed by atoms with Crippen LogP contribution in [0, 0.1) is 34.5 Å². The normalized spacial score (nSPS) is 41.1. The number of carbonyl (C=O) groups excluding carboxylic acids is 3. The Bertz CT molecular complexity index is 737. The molecule has 0 spiro atoms. The molecule has 0 aromatic heterocycles. The van der Waals surface area contributed by atoms with Gasteiger partial charge in [0.25, 0.3) is 0 Å². The summed E-state index contributed by atoms with van der Waals surface area (Å²) in [5, 5.41) is 0. The van der Waals surface area contributed by atoms with Crippen molar-refractivity contribution in [2.24, 2.45) is 34.5 Å². The van der Waals surface area contributed by atoms with Crippen LogP contribution in [0.25, 0.3) is 0 Å². The first-order chi connectivity index (χ1) is 13.8. The largest absolute Gasteiger partial charge is 0.466 e. The van der Waals surface area contributed by atoms with Gasteiger partial charge in [-0.15, -0.1) is 0 Å². The van der Waals surface area contributed by atoms with E-state index < -0.39 is 0 Å². The maximum atomic E-state index is 12.6. The van der Waals surface area contributed by atoms with Crippen LogP contribution in [0.4, 0.5) is 0 Å². The van der Waals surface area contributed by atoms with Crippen LogP contribution in [0.1, 0.15) is 85.0 Å². The zero-order valence-electron chi connectivity index (χ0n) is 18.3. The maximum Gasteiger partial charge on any atom is 0.302 e. The fourth-order valence-corrected chi connectivity index (χ4v) is 8.00. The van der Waals surface area contributed by atoms with E-state index in [0.717, 1.165) is 51.4 Å². The average Bonchev–Trinajstić information content (AvgIpc) is 3.05. The van der Waals surface area contributed by atoms with Gasteiger partial charge < -0.3 is 4.74 Å². The molecule has 0 aromatic rings. The fraction of sp³-hybridized carbons (Fsp3) is 0.800. The molecule has 4 aliphatic rings. The minimum Gasteiger partial charge on any atom is -0.466 e. The Morgan fingerprint density at radius 1 is 1.14 bits per heavy atom. The van der Waals surface area contributed by atoms with Gasteiger partial charge >= 0.3 is 5.97 Å². The van der Waals surface area contributed by atoms with Crippen molar-refractivity contribution in [2.45, 2.75) is 85.0 Å². The van der Waals surface area contributed by atoms with Crippen molar-refractivity contribution in [3.8, 4) is 0 Å². The Morgan fingerprint density at radius 2 is 1.93 bits per heavy atom. The second-order valence-electron chi connectivity index (χ2n) is 10.4. The van der Waals surface area contributed by atoms with E-state index in [4.69, 9.17) is 4.74 Å². The molecule has 4 nitrogen and oxygen atoms in total. The number of carbonyl (C=O) groups is 3. The van der Waals surface area contributed by atoms with Gasteiger partial charge in [0.2, 0.25) is 0 Å². The lowest BCUT2D eigenvalue weighted by Gasteiger charge is -2.58. The third kappa shape index (κ3) is 3.41. The van der Waals surface area contributed by atoms with Gasteiger partial charge in [0.1, 0.15) is 11.6 Å². The van der Waals surface area contributed by atoms with Crippen molar-refractivity contribution in [3.63, 3.8) is 0 Å². The predicted octanol–water partition coefficient (Wildman–Crippen LogP) is 5.05. The lowest BCUT2D eigenvalue weighted by atomic mass is 9.46. The second-order valence-corrected chi connectivity index (χ2v) is 10.4. The predicted molar refractivity (Wildman–Crippen MR) is 111 cm³/mol. The summed E-state index contributed by atoms with van der Waals surface area (Å²) in [7, 11) is 0. The number of hydrogen-bond donors (Lipinski definition) is 0. The maximum absolute atomic E-state index is 12.6. The molecule has 0 amide bonds. The van der Waals surface area contributed by atoms with E-state index in [1.165, 1.54) is 18.9 Å². The van der Waals surface area contributed by atoms with E-state index in [-0.39, 0.29) is 22.7 Å². The molecule has 4 rings (SSSR count). The highest BCUT2D eigenvalue weighted by atomic mass is 16.5. The van der Waals surface area contributed by atoms with Crippen LogP contribution in [0.5, 0.6) is 0 Å². The fourth-order valence-electron chi connectivity index (χ4n) is 8.00. The molecule has 0 aromatic carbocycles. The Kier molecular flexibility index (Phi) is 5.50. The van der Waals surface area contributed by atoms with Crippen molar-refractivity contribution in [1.82, 2.24) is 0 Å². The number of Topliss-reactive ketones (excluding diaryl/α,β-unsaturated/α-hetero) is 2. The molecule has 4 aliphatic carbocycles.